The van der Waals surface area contributed by atoms with Crippen molar-refractivity contribution in [3.05, 3.63) is 23.5 Å². The predicted molar refractivity (Wildman–Crippen MR) is 54.0 cm³/mol. The van der Waals surface area contributed by atoms with E-state index >= 15 is 0 Å². The number of hydrogen-bond acceptors (Lipinski definition) is 3. The van der Waals surface area contributed by atoms with Crippen LogP contribution in [0.25, 0.3) is 0 Å². The smallest absolute Gasteiger partial charge is 0.215 e. The molecular formula is C9H11BN2O2. The molecule has 0 radical (unpaired) electrons. The molecule has 0 saturated heterocycles. The second-order valence-electron chi connectivity index (χ2n) is 3.49. The lowest BCUT2D eigenvalue weighted by atomic mass is 10.0. The van der Waals surface area contributed by atoms with Gasteiger partial charge in [0.05, 0.1) is 6.20 Å². The molecule has 1 N–H and O–H groups in total. The summed E-state index contributed by atoms with van der Waals surface area (Å²) in [5.41, 5.74) is 1.94. The number of hydrogen-bond donors (Lipinski definition) is 1. The molecule has 0 aliphatic carbocycles. The van der Waals surface area contributed by atoms with Gasteiger partial charge in [0.2, 0.25) is 7.85 Å². The number of nitrogens with zero attached hydrogens (tertiary/aromatic N) is 2. The zero-order valence-corrected chi connectivity index (χ0v) is 8.03. The summed E-state index contributed by atoms with van der Waals surface area (Å²) >= 11 is 0. The molecular weight excluding hydrogens is 179 g/mol. The van der Waals surface area contributed by atoms with Gasteiger partial charge in [-0.25, -0.2) is 0 Å². The van der Waals surface area contributed by atoms with Crippen molar-refractivity contribution in [3.8, 4) is 5.75 Å². The molecule has 2 heterocycles. The number of carbonyl (C=O) groups excluding carboxylic acids is 1. The fraction of sp³-hybridized carbons (Fsp3) is 0.333. The van der Waals surface area contributed by atoms with Gasteiger partial charge >= 0.3 is 0 Å². The molecule has 0 unspecified atom stereocenters. The lowest BCUT2D eigenvalue weighted by Gasteiger charge is -2.27. The second-order valence-corrected chi connectivity index (χ2v) is 3.49. The summed E-state index contributed by atoms with van der Waals surface area (Å²) < 4.78 is 0. The number of rotatable bonds is 0. The second kappa shape index (κ2) is 3.33. The van der Waals surface area contributed by atoms with Crippen LogP contribution in [-0.4, -0.2) is 35.2 Å². The summed E-state index contributed by atoms with van der Waals surface area (Å²) in [7, 11) is 1.56. The fourth-order valence-electron chi connectivity index (χ4n) is 1.68. The standard InChI is InChI=1S/C9H11BN2O2/c10-9(14)12-2-1-8-6(5-12)3-7(13)4-11-8/h3-4,13H,1-2,5,10H2. The van der Waals surface area contributed by atoms with E-state index in [-0.39, 0.29) is 11.6 Å². The van der Waals surface area contributed by atoms with E-state index in [4.69, 9.17) is 0 Å². The maximum atomic E-state index is 11.1. The van der Waals surface area contributed by atoms with E-state index in [1.54, 1.807) is 18.8 Å². The van der Waals surface area contributed by atoms with Crippen molar-refractivity contribution in [2.45, 2.75) is 13.0 Å². The Balaban J connectivity index is 2.29. The number of fused-ring (bicyclic) bond motifs is 1. The molecule has 72 valence electrons. The molecule has 2 rings (SSSR count). The Morgan fingerprint density at radius 2 is 2.43 bits per heavy atom. The van der Waals surface area contributed by atoms with E-state index in [2.05, 4.69) is 4.98 Å². The molecule has 1 aliphatic rings. The molecule has 0 fully saturated rings. The van der Waals surface area contributed by atoms with Crippen LogP contribution in [0.4, 0.5) is 4.79 Å². The summed E-state index contributed by atoms with van der Waals surface area (Å²) in [6.07, 6.45) is 2.22. The van der Waals surface area contributed by atoms with Crippen LogP contribution in [0.2, 0.25) is 0 Å². The molecule has 0 atom stereocenters. The summed E-state index contributed by atoms with van der Waals surface area (Å²) in [5, 5.41) is 9.25. The average Bonchev–Trinajstić information content (AvgIpc) is 2.16. The van der Waals surface area contributed by atoms with Gasteiger partial charge in [-0.05, 0) is 11.6 Å². The first-order valence-electron chi connectivity index (χ1n) is 4.59. The highest BCUT2D eigenvalue weighted by Crippen LogP contribution is 2.20. The Labute approximate surface area is 83.0 Å². The third-order valence-corrected chi connectivity index (χ3v) is 2.47. The first kappa shape index (κ1) is 9.06. The molecule has 1 aromatic heterocycles. The molecule has 5 heteroatoms. The number of pyridine rings is 1. The van der Waals surface area contributed by atoms with Crippen LogP contribution in [-0.2, 0) is 13.0 Å². The monoisotopic (exact) mass is 190 g/mol. The molecule has 14 heavy (non-hydrogen) atoms. The van der Waals surface area contributed by atoms with Crippen LogP contribution < -0.4 is 0 Å². The topological polar surface area (TPSA) is 53.4 Å². The van der Waals surface area contributed by atoms with Gasteiger partial charge in [0.25, 0.3) is 0 Å². The molecule has 0 bridgehead atoms. The minimum Gasteiger partial charge on any atom is -0.506 e. The number of carbonyl (C=O) groups is 1. The van der Waals surface area contributed by atoms with E-state index in [1.165, 1.54) is 6.20 Å². The highest BCUT2D eigenvalue weighted by Gasteiger charge is 2.18. The van der Waals surface area contributed by atoms with Gasteiger partial charge in [-0.3, -0.25) is 9.78 Å². The zero-order valence-electron chi connectivity index (χ0n) is 8.03. The maximum absolute atomic E-state index is 11.1. The molecule has 4 nitrogen and oxygen atoms in total. The maximum Gasteiger partial charge on any atom is 0.215 e. The SMILES string of the molecule is BC(=O)N1CCc2ncc(O)cc2C1. The molecule has 1 aliphatic heterocycles. The van der Waals surface area contributed by atoms with Gasteiger partial charge in [-0.2, -0.15) is 0 Å². The Kier molecular flexibility index (Phi) is 2.15. The van der Waals surface area contributed by atoms with E-state index in [1.807, 2.05) is 0 Å². The number of amides is 1. The molecule has 0 spiro atoms. The molecule has 0 aromatic carbocycles. The molecule has 0 saturated carbocycles. The normalized spacial score (nSPS) is 15.0. The Bertz CT molecular complexity index is 381. The highest BCUT2D eigenvalue weighted by atomic mass is 16.3. The van der Waals surface area contributed by atoms with Crippen LogP contribution in [0.1, 0.15) is 11.3 Å². The minimum atomic E-state index is 0.0685. The quantitative estimate of drug-likeness (QED) is 0.581. The first-order valence-corrected chi connectivity index (χ1v) is 4.59. The van der Waals surface area contributed by atoms with Gasteiger partial charge in [0, 0.05) is 25.2 Å². The lowest BCUT2D eigenvalue weighted by Crippen LogP contribution is -2.35. The van der Waals surface area contributed by atoms with Gasteiger partial charge in [0.15, 0.2) is 5.81 Å². The number of aromatic nitrogens is 1. The fourth-order valence-corrected chi connectivity index (χ4v) is 1.68. The van der Waals surface area contributed by atoms with E-state index in [0.29, 0.717) is 6.54 Å². The predicted octanol–water partition coefficient (Wildman–Crippen LogP) is -0.102. The van der Waals surface area contributed by atoms with Gasteiger partial charge < -0.3 is 10.0 Å². The van der Waals surface area contributed by atoms with Gasteiger partial charge in [-0.15, -0.1) is 0 Å². The summed E-state index contributed by atoms with van der Waals surface area (Å²) in [6, 6.07) is 1.68. The van der Waals surface area contributed by atoms with Crippen LogP contribution in [0.3, 0.4) is 0 Å². The van der Waals surface area contributed by atoms with Crippen molar-refractivity contribution in [1.29, 1.82) is 0 Å². The van der Waals surface area contributed by atoms with Crippen LogP contribution in [0.15, 0.2) is 12.3 Å². The van der Waals surface area contributed by atoms with Crippen molar-refractivity contribution in [2.24, 2.45) is 0 Å². The summed E-state index contributed by atoms with van der Waals surface area (Å²) in [5.74, 6) is 0.230. The summed E-state index contributed by atoms with van der Waals surface area (Å²) in [4.78, 5) is 17.0. The van der Waals surface area contributed by atoms with Crippen molar-refractivity contribution in [3.63, 3.8) is 0 Å². The molecule has 1 aromatic rings. The zero-order chi connectivity index (χ0) is 10.1. The third kappa shape index (κ3) is 1.57. The largest absolute Gasteiger partial charge is 0.506 e. The Hall–Kier alpha value is -1.52. The highest BCUT2D eigenvalue weighted by molar-refractivity contribution is 6.56. The third-order valence-electron chi connectivity index (χ3n) is 2.47. The van der Waals surface area contributed by atoms with Crippen molar-refractivity contribution < 1.29 is 9.90 Å². The summed E-state index contributed by atoms with van der Waals surface area (Å²) in [6.45, 7) is 1.28. The number of aromatic hydroxyl groups is 1. The van der Waals surface area contributed by atoms with Gasteiger partial charge in [0.1, 0.15) is 5.75 Å². The van der Waals surface area contributed by atoms with Crippen LogP contribution in [0.5, 0.6) is 5.75 Å². The van der Waals surface area contributed by atoms with Gasteiger partial charge in [-0.1, -0.05) is 0 Å². The van der Waals surface area contributed by atoms with Crippen molar-refractivity contribution >= 4 is 13.7 Å². The minimum absolute atomic E-state index is 0.0685. The lowest BCUT2D eigenvalue weighted by molar-refractivity contribution is 0.216. The van der Waals surface area contributed by atoms with Crippen LogP contribution >= 0.6 is 0 Å². The Morgan fingerprint density at radius 3 is 3.14 bits per heavy atom. The van der Waals surface area contributed by atoms with E-state index in [9.17, 15) is 9.90 Å². The van der Waals surface area contributed by atoms with Crippen molar-refractivity contribution in [1.82, 2.24) is 9.88 Å². The average molecular weight is 190 g/mol. The first-order chi connectivity index (χ1) is 6.66. The van der Waals surface area contributed by atoms with Crippen molar-refractivity contribution in [2.75, 3.05) is 6.54 Å². The Morgan fingerprint density at radius 1 is 1.64 bits per heavy atom. The van der Waals surface area contributed by atoms with E-state index in [0.717, 1.165) is 24.2 Å². The van der Waals surface area contributed by atoms with Crippen LogP contribution in [0, 0.1) is 0 Å². The van der Waals surface area contributed by atoms with E-state index < -0.39 is 0 Å². The molecule has 1 amide bonds.